The van der Waals surface area contributed by atoms with Gasteiger partial charge in [-0.25, -0.2) is 9.38 Å². The van der Waals surface area contributed by atoms with Crippen molar-refractivity contribution in [2.75, 3.05) is 11.6 Å². The minimum Gasteiger partial charge on any atom is -0.383 e. The number of hydrogen-bond acceptors (Lipinski definition) is 4. The number of thioether (sulfide) groups is 1. The first-order valence-electron chi connectivity index (χ1n) is 6.21. The summed E-state index contributed by atoms with van der Waals surface area (Å²) in [5.74, 6) is -0.122. The van der Waals surface area contributed by atoms with E-state index in [1.54, 1.807) is 17.8 Å². The lowest BCUT2D eigenvalue weighted by Gasteiger charge is -2.24. The molecule has 0 saturated heterocycles. The lowest BCUT2D eigenvalue weighted by molar-refractivity contribution is 0.623. The Kier molecular flexibility index (Phi) is 4.75. The summed E-state index contributed by atoms with van der Waals surface area (Å²) in [7, 11) is 0. The van der Waals surface area contributed by atoms with E-state index >= 15 is 0 Å². The Morgan fingerprint density at radius 2 is 1.90 bits per heavy atom. The molecule has 1 atom stereocenters. The zero-order valence-electron chi connectivity index (χ0n) is 11.3. The quantitative estimate of drug-likeness (QED) is 0.826. The van der Waals surface area contributed by atoms with Crippen LogP contribution in [0.2, 0.25) is 0 Å². The van der Waals surface area contributed by atoms with E-state index < -0.39 is 0 Å². The summed E-state index contributed by atoms with van der Waals surface area (Å²) in [4.78, 5) is 5.53. The highest BCUT2D eigenvalue weighted by Crippen LogP contribution is 2.30. The third-order valence-electron chi connectivity index (χ3n) is 3.26. The van der Waals surface area contributed by atoms with Crippen molar-refractivity contribution < 1.29 is 4.39 Å². The standard InChI is InChI=1S/C15H14FN3S.ClH/c1-20-10-7-5-9(6-8-10)15-18-12-4-2-3-11(16)13(12)14(17)19-15;/h2-8,15,18H,1H3,(H2,17,19);1H. The van der Waals surface area contributed by atoms with Crippen molar-refractivity contribution >= 4 is 35.7 Å². The minimum atomic E-state index is -0.354. The van der Waals surface area contributed by atoms with Crippen LogP contribution in [0.25, 0.3) is 0 Å². The Morgan fingerprint density at radius 1 is 1.19 bits per heavy atom. The van der Waals surface area contributed by atoms with E-state index in [0.717, 1.165) is 5.56 Å². The fourth-order valence-electron chi connectivity index (χ4n) is 2.23. The number of hydrogen-bond donors (Lipinski definition) is 2. The molecule has 3 rings (SSSR count). The van der Waals surface area contributed by atoms with Gasteiger partial charge in [0.1, 0.15) is 17.8 Å². The molecule has 0 spiro atoms. The lowest BCUT2D eigenvalue weighted by Crippen LogP contribution is -2.26. The normalized spacial score (nSPS) is 16.3. The van der Waals surface area contributed by atoms with Gasteiger partial charge in [0.05, 0.1) is 5.56 Å². The fraction of sp³-hybridized carbons (Fsp3) is 0.133. The van der Waals surface area contributed by atoms with Crippen molar-refractivity contribution in [2.24, 2.45) is 10.7 Å². The average molecular weight is 324 g/mol. The molecule has 3 N–H and O–H groups in total. The molecule has 0 aliphatic carbocycles. The number of nitrogens with two attached hydrogens (primary N) is 1. The molecule has 2 aromatic rings. The van der Waals surface area contributed by atoms with E-state index in [2.05, 4.69) is 10.3 Å². The molecule has 21 heavy (non-hydrogen) atoms. The smallest absolute Gasteiger partial charge is 0.147 e. The van der Waals surface area contributed by atoms with E-state index in [9.17, 15) is 4.39 Å². The predicted octanol–water partition coefficient (Wildman–Crippen LogP) is 3.80. The number of anilines is 1. The Labute approximate surface area is 133 Å². The monoisotopic (exact) mass is 323 g/mol. The lowest BCUT2D eigenvalue weighted by atomic mass is 10.1. The summed E-state index contributed by atoms with van der Waals surface area (Å²) in [5, 5.41) is 3.21. The number of rotatable bonds is 2. The summed E-state index contributed by atoms with van der Waals surface area (Å²) in [5.41, 5.74) is 7.93. The van der Waals surface area contributed by atoms with Gasteiger partial charge in [-0.2, -0.15) is 0 Å². The SMILES string of the molecule is CSc1ccc(C2N=C(N)c3c(F)cccc3N2)cc1.Cl. The molecular formula is C15H15ClFN3S. The van der Waals surface area contributed by atoms with E-state index in [1.807, 2.05) is 36.6 Å². The number of benzene rings is 2. The maximum Gasteiger partial charge on any atom is 0.147 e. The van der Waals surface area contributed by atoms with Crippen LogP contribution in [0.5, 0.6) is 0 Å². The molecule has 0 saturated carbocycles. The van der Waals surface area contributed by atoms with Gasteiger partial charge in [0.25, 0.3) is 0 Å². The Balaban J connectivity index is 0.00000161. The van der Waals surface area contributed by atoms with Crippen LogP contribution in [-0.4, -0.2) is 12.1 Å². The van der Waals surface area contributed by atoms with Gasteiger partial charge in [-0.3, -0.25) is 0 Å². The molecule has 110 valence electrons. The number of fused-ring (bicyclic) bond motifs is 1. The highest BCUT2D eigenvalue weighted by Gasteiger charge is 2.22. The van der Waals surface area contributed by atoms with Gasteiger partial charge >= 0.3 is 0 Å². The molecule has 0 bridgehead atoms. The van der Waals surface area contributed by atoms with Crippen LogP contribution >= 0.6 is 24.2 Å². The van der Waals surface area contributed by atoms with Gasteiger partial charge in [-0.15, -0.1) is 24.2 Å². The number of halogens is 2. The fourth-order valence-corrected chi connectivity index (χ4v) is 2.64. The van der Waals surface area contributed by atoms with E-state index in [-0.39, 0.29) is 30.2 Å². The molecule has 6 heteroatoms. The van der Waals surface area contributed by atoms with Crippen LogP contribution in [0, 0.1) is 5.82 Å². The Hall–Kier alpha value is -1.72. The van der Waals surface area contributed by atoms with E-state index in [0.29, 0.717) is 11.3 Å². The van der Waals surface area contributed by atoms with Gasteiger partial charge in [0.2, 0.25) is 0 Å². The highest BCUT2D eigenvalue weighted by molar-refractivity contribution is 7.98. The molecule has 3 nitrogen and oxygen atoms in total. The second-order valence-corrected chi connectivity index (χ2v) is 5.38. The van der Waals surface area contributed by atoms with Gasteiger partial charge in [0, 0.05) is 10.6 Å². The van der Waals surface area contributed by atoms with Gasteiger partial charge in [-0.1, -0.05) is 18.2 Å². The van der Waals surface area contributed by atoms with Crippen molar-refractivity contribution in [3.8, 4) is 0 Å². The van der Waals surface area contributed by atoms with Crippen molar-refractivity contribution in [1.29, 1.82) is 0 Å². The molecule has 1 unspecified atom stereocenters. The van der Waals surface area contributed by atoms with E-state index in [4.69, 9.17) is 5.73 Å². The van der Waals surface area contributed by atoms with Crippen LogP contribution in [0.15, 0.2) is 52.4 Å². The zero-order chi connectivity index (χ0) is 14.1. The molecule has 0 amide bonds. The highest BCUT2D eigenvalue weighted by atomic mass is 35.5. The second kappa shape index (κ2) is 6.37. The summed E-state index contributed by atoms with van der Waals surface area (Å²) in [6.07, 6.45) is 1.75. The maximum absolute atomic E-state index is 13.7. The molecule has 1 aliphatic rings. The van der Waals surface area contributed by atoms with Crippen molar-refractivity contribution in [3.05, 3.63) is 59.4 Å². The minimum absolute atomic E-state index is 0. The van der Waals surface area contributed by atoms with Crippen molar-refractivity contribution in [3.63, 3.8) is 0 Å². The van der Waals surface area contributed by atoms with Gasteiger partial charge < -0.3 is 11.1 Å². The van der Waals surface area contributed by atoms with Crippen LogP contribution in [0.1, 0.15) is 17.3 Å². The number of nitrogens with zero attached hydrogens (tertiary/aromatic N) is 1. The molecule has 1 aliphatic heterocycles. The largest absolute Gasteiger partial charge is 0.383 e. The zero-order valence-corrected chi connectivity index (χ0v) is 13.0. The summed E-state index contributed by atoms with van der Waals surface area (Å²) in [6.45, 7) is 0. The first-order chi connectivity index (χ1) is 9.69. The van der Waals surface area contributed by atoms with Crippen LogP contribution in [-0.2, 0) is 0 Å². The molecular weight excluding hydrogens is 309 g/mol. The van der Waals surface area contributed by atoms with Crippen molar-refractivity contribution in [2.45, 2.75) is 11.1 Å². The van der Waals surface area contributed by atoms with Crippen molar-refractivity contribution in [1.82, 2.24) is 0 Å². The second-order valence-electron chi connectivity index (χ2n) is 4.50. The number of aliphatic imine (C=N–C) groups is 1. The van der Waals surface area contributed by atoms with Gasteiger partial charge in [-0.05, 0) is 36.1 Å². The topological polar surface area (TPSA) is 50.4 Å². The van der Waals surface area contributed by atoms with Crippen LogP contribution in [0.3, 0.4) is 0 Å². The first-order valence-corrected chi connectivity index (χ1v) is 7.44. The Morgan fingerprint density at radius 3 is 2.57 bits per heavy atom. The molecule has 1 heterocycles. The number of amidine groups is 1. The molecule has 0 fully saturated rings. The predicted molar refractivity (Wildman–Crippen MR) is 89.0 cm³/mol. The van der Waals surface area contributed by atoms with Crippen LogP contribution < -0.4 is 11.1 Å². The molecule has 0 radical (unpaired) electrons. The first kappa shape index (κ1) is 15.7. The van der Waals surface area contributed by atoms with Crippen LogP contribution in [0.4, 0.5) is 10.1 Å². The third-order valence-corrected chi connectivity index (χ3v) is 4.01. The number of nitrogens with one attached hydrogen (secondary N) is 1. The summed E-state index contributed by atoms with van der Waals surface area (Å²) >= 11 is 1.68. The van der Waals surface area contributed by atoms with E-state index in [1.165, 1.54) is 11.0 Å². The third kappa shape index (κ3) is 2.99. The molecule has 0 aromatic heterocycles. The maximum atomic E-state index is 13.7. The molecule has 2 aromatic carbocycles. The van der Waals surface area contributed by atoms with Gasteiger partial charge in [0.15, 0.2) is 0 Å². The Bertz CT molecular complexity index is 673. The summed E-state index contributed by atoms with van der Waals surface area (Å²) in [6, 6.07) is 12.9. The average Bonchev–Trinajstić information content (AvgIpc) is 2.47. The summed E-state index contributed by atoms with van der Waals surface area (Å²) < 4.78 is 13.7.